The zero-order valence-corrected chi connectivity index (χ0v) is 7.90. The smallest absolute Gasteiger partial charge is 0.159 e. The summed E-state index contributed by atoms with van der Waals surface area (Å²) < 4.78 is 0. The molecule has 1 aliphatic rings. The van der Waals surface area contributed by atoms with Gasteiger partial charge in [-0.15, -0.1) is 0 Å². The van der Waals surface area contributed by atoms with Crippen LogP contribution in [0.2, 0.25) is 0 Å². The highest BCUT2D eigenvalue weighted by Gasteiger charge is 2.34. The fourth-order valence-electron chi connectivity index (χ4n) is 1.44. The van der Waals surface area contributed by atoms with Crippen molar-refractivity contribution in [2.75, 3.05) is 11.4 Å². The second kappa shape index (κ2) is 3.15. The molecule has 1 saturated heterocycles. The summed E-state index contributed by atoms with van der Waals surface area (Å²) in [6.45, 7) is 2.32. The number of carbonyl (C=O) groups is 1. The Balaban J connectivity index is 2.25. The molecule has 1 unspecified atom stereocenters. The van der Waals surface area contributed by atoms with E-state index in [4.69, 9.17) is 5.26 Å². The van der Waals surface area contributed by atoms with Gasteiger partial charge in [-0.25, -0.2) is 0 Å². The second-order valence-electron chi connectivity index (χ2n) is 3.40. The molecule has 3 heteroatoms. The van der Waals surface area contributed by atoms with Crippen LogP contribution < -0.4 is 4.90 Å². The lowest BCUT2D eigenvalue weighted by atomic mass is 10.1. The summed E-state index contributed by atoms with van der Waals surface area (Å²) in [4.78, 5) is 13.1. The van der Waals surface area contributed by atoms with E-state index in [0.29, 0.717) is 5.56 Å². The van der Waals surface area contributed by atoms with E-state index in [0.717, 1.165) is 12.2 Å². The average Bonchev–Trinajstić information content (AvgIpc) is 2.97. The number of benzene rings is 1. The van der Waals surface area contributed by atoms with Crippen molar-refractivity contribution in [3.63, 3.8) is 0 Å². The van der Waals surface area contributed by atoms with Gasteiger partial charge in [0.25, 0.3) is 0 Å². The van der Waals surface area contributed by atoms with Crippen LogP contribution in [0.3, 0.4) is 0 Å². The van der Waals surface area contributed by atoms with Gasteiger partial charge in [0, 0.05) is 11.3 Å². The van der Waals surface area contributed by atoms with Crippen molar-refractivity contribution in [3.8, 4) is 6.07 Å². The molecule has 70 valence electrons. The first-order valence-corrected chi connectivity index (χ1v) is 4.49. The average molecular weight is 186 g/mol. The normalized spacial score (nSPS) is 18.9. The molecule has 1 atom stereocenters. The lowest BCUT2D eigenvalue weighted by molar-refractivity contribution is 0.101. The van der Waals surface area contributed by atoms with E-state index in [9.17, 15) is 4.79 Å². The largest absolute Gasteiger partial charge is 0.351 e. The second-order valence-corrected chi connectivity index (χ2v) is 3.40. The van der Waals surface area contributed by atoms with Gasteiger partial charge in [0.1, 0.15) is 6.04 Å². The first kappa shape index (κ1) is 8.76. The molecule has 0 spiro atoms. The van der Waals surface area contributed by atoms with Crippen LogP contribution in [0.25, 0.3) is 0 Å². The van der Waals surface area contributed by atoms with E-state index >= 15 is 0 Å². The molecular formula is C11H10N2O. The molecule has 1 aliphatic heterocycles. The Kier molecular flexibility index (Phi) is 1.97. The topological polar surface area (TPSA) is 43.9 Å². The van der Waals surface area contributed by atoms with Gasteiger partial charge < -0.3 is 4.90 Å². The summed E-state index contributed by atoms with van der Waals surface area (Å²) in [6.07, 6.45) is 0. The van der Waals surface area contributed by atoms with Crippen LogP contribution in [0.5, 0.6) is 0 Å². The number of nitrogens with zero attached hydrogens (tertiary/aromatic N) is 2. The summed E-state index contributed by atoms with van der Waals surface area (Å²) in [5.41, 5.74) is 1.66. The van der Waals surface area contributed by atoms with Crippen molar-refractivity contribution < 1.29 is 4.79 Å². The maximum Gasteiger partial charge on any atom is 0.159 e. The lowest BCUT2D eigenvalue weighted by Crippen LogP contribution is -1.99. The van der Waals surface area contributed by atoms with Crippen molar-refractivity contribution in [2.45, 2.75) is 13.0 Å². The maximum atomic E-state index is 11.1. The number of ketones is 1. The fraction of sp³-hybridized carbons (Fsp3) is 0.273. The Bertz CT molecular complexity index is 420. The number of Topliss-reactive ketones (excluding diaryl/α,β-unsaturated/α-hetero) is 1. The third kappa shape index (κ3) is 1.47. The summed E-state index contributed by atoms with van der Waals surface area (Å²) in [7, 11) is 0. The lowest BCUT2D eigenvalue weighted by Gasteiger charge is -2.03. The molecule has 1 aromatic carbocycles. The summed E-state index contributed by atoms with van der Waals surface area (Å²) in [6, 6.07) is 9.56. The summed E-state index contributed by atoms with van der Waals surface area (Å²) >= 11 is 0. The molecule has 1 fully saturated rings. The molecule has 0 aromatic heterocycles. The molecule has 1 heterocycles. The number of nitriles is 1. The standard InChI is InChI=1S/C11H10N2O/c1-8(14)9-3-2-4-10(5-9)13-7-11(13)6-12/h2-5,11H,7H2,1H3. The zero-order valence-electron chi connectivity index (χ0n) is 7.90. The molecule has 0 saturated carbocycles. The molecule has 14 heavy (non-hydrogen) atoms. The number of hydrogen-bond donors (Lipinski definition) is 0. The quantitative estimate of drug-likeness (QED) is 0.520. The Morgan fingerprint density at radius 1 is 1.64 bits per heavy atom. The summed E-state index contributed by atoms with van der Waals surface area (Å²) in [5, 5.41) is 8.66. The van der Waals surface area contributed by atoms with Crippen LogP contribution in [-0.2, 0) is 0 Å². The minimum atomic E-state index is -0.00259. The Morgan fingerprint density at radius 3 is 3.00 bits per heavy atom. The van der Waals surface area contributed by atoms with E-state index in [2.05, 4.69) is 6.07 Å². The highest BCUT2D eigenvalue weighted by Crippen LogP contribution is 2.27. The van der Waals surface area contributed by atoms with Gasteiger partial charge in [-0.2, -0.15) is 5.26 Å². The van der Waals surface area contributed by atoms with Crippen LogP contribution in [0.15, 0.2) is 24.3 Å². The number of hydrogen-bond acceptors (Lipinski definition) is 3. The molecular weight excluding hydrogens is 176 g/mol. The third-order valence-corrected chi connectivity index (χ3v) is 2.35. The minimum absolute atomic E-state index is 0.00259. The number of rotatable bonds is 2. The maximum absolute atomic E-state index is 11.1. The van der Waals surface area contributed by atoms with Crippen molar-refractivity contribution in [1.82, 2.24) is 0 Å². The molecule has 0 radical (unpaired) electrons. The predicted octanol–water partition coefficient (Wildman–Crippen LogP) is 1.60. The highest BCUT2D eigenvalue weighted by atomic mass is 16.1. The van der Waals surface area contributed by atoms with Crippen molar-refractivity contribution in [1.29, 1.82) is 5.26 Å². The van der Waals surface area contributed by atoms with Crippen molar-refractivity contribution in [2.24, 2.45) is 0 Å². The Morgan fingerprint density at radius 2 is 2.43 bits per heavy atom. The SMILES string of the molecule is CC(=O)c1cccc(N2CC2C#N)c1. The fourth-order valence-corrected chi connectivity index (χ4v) is 1.44. The third-order valence-electron chi connectivity index (χ3n) is 2.35. The Labute approximate surface area is 82.6 Å². The van der Waals surface area contributed by atoms with Gasteiger partial charge in [0.05, 0.1) is 12.6 Å². The first-order valence-electron chi connectivity index (χ1n) is 4.49. The van der Waals surface area contributed by atoms with Gasteiger partial charge in [-0.1, -0.05) is 12.1 Å². The minimum Gasteiger partial charge on any atom is -0.351 e. The summed E-state index contributed by atoms with van der Waals surface area (Å²) in [5.74, 6) is 0.0576. The van der Waals surface area contributed by atoms with Crippen molar-refractivity contribution >= 4 is 11.5 Å². The number of carbonyl (C=O) groups excluding carboxylic acids is 1. The monoisotopic (exact) mass is 186 g/mol. The van der Waals surface area contributed by atoms with Crippen LogP contribution in [0.4, 0.5) is 5.69 Å². The van der Waals surface area contributed by atoms with Gasteiger partial charge in [-0.3, -0.25) is 4.79 Å². The van der Waals surface area contributed by atoms with Crippen LogP contribution in [0.1, 0.15) is 17.3 Å². The molecule has 0 N–H and O–H groups in total. The predicted molar refractivity (Wildman–Crippen MR) is 53.2 cm³/mol. The van der Waals surface area contributed by atoms with Gasteiger partial charge in [-0.05, 0) is 19.1 Å². The Hall–Kier alpha value is -1.82. The molecule has 1 aromatic rings. The van der Waals surface area contributed by atoms with E-state index < -0.39 is 0 Å². The van der Waals surface area contributed by atoms with Crippen LogP contribution in [-0.4, -0.2) is 18.4 Å². The van der Waals surface area contributed by atoms with Crippen molar-refractivity contribution in [3.05, 3.63) is 29.8 Å². The van der Waals surface area contributed by atoms with Gasteiger partial charge in [0.15, 0.2) is 5.78 Å². The van der Waals surface area contributed by atoms with Crippen LogP contribution >= 0.6 is 0 Å². The van der Waals surface area contributed by atoms with Crippen LogP contribution in [0, 0.1) is 11.3 Å². The van der Waals surface area contributed by atoms with Gasteiger partial charge >= 0.3 is 0 Å². The van der Waals surface area contributed by atoms with E-state index in [1.807, 2.05) is 23.1 Å². The first-order chi connectivity index (χ1) is 6.72. The molecule has 0 amide bonds. The zero-order chi connectivity index (χ0) is 10.1. The van der Waals surface area contributed by atoms with Gasteiger partial charge in [0.2, 0.25) is 0 Å². The molecule has 0 bridgehead atoms. The molecule has 0 aliphatic carbocycles. The van der Waals surface area contributed by atoms with E-state index in [1.54, 1.807) is 13.0 Å². The number of anilines is 1. The van der Waals surface area contributed by atoms with E-state index in [-0.39, 0.29) is 11.8 Å². The molecule has 2 rings (SSSR count). The van der Waals surface area contributed by atoms with E-state index in [1.165, 1.54) is 0 Å². The molecule has 3 nitrogen and oxygen atoms in total. The highest BCUT2D eigenvalue weighted by molar-refractivity contribution is 5.95.